The van der Waals surface area contributed by atoms with Gasteiger partial charge in [-0.1, -0.05) is 25.1 Å². The molecule has 3 atom stereocenters. The lowest BCUT2D eigenvalue weighted by molar-refractivity contribution is -0.134. The molecular weight excluding hydrogens is 438 g/mol. The number of aliphatic hydroxyl groups is 1. The summed E-state index contributed by atoms with van der Waals surface area (Å²) in [6.45, 7) is 2.66. The number of amides is 1. The second kappa shape index (κ2) is 10.7. The normalized spacial score (nSPS) is 20.2. The largest absolute Gasteiger partial charge is 0.478 e. The molecule has 1 aliphatic carbocycles. The van der Waals surface area contributed by atoms with Crippen LogP contribution in [-0.4, -0.2) is 74.9 Å². The molecule has 1 aliphatic heterocycles. The van der Waals surface area contributed by atoms with Crippen LogP contribution in [0.15, 0.2) is 42.6 Å². The third-order valence-electron chi connectivity index (χ3n) is 6.34. The molecule has 2 aromatic rings. The Kier molecular flexibility index (Phi) is 7.90. The Labute approximate surface area is 198 Å². The monoisotopic (exact) mass is 469 g/mol. The number of aromatic nitrogens is 1. The van der Waals surface area contributed by atoms with Crippen LogP contribution in [0, 0.1) is 5.92 Å². The average Bonchev–Trinajstić information content (AvgIpc) is 3.13. The lowest BCUT2D eigenvalue weighted by Gasteiger charge is -2.39. The van der Waals surface area contributed by atoms with Crippen LogP contribution in [0.2, 0.25) is 0 Å². The maximum absolute atomic E-state index is 12.7. The fourth-order valence-corrected chi connectivity index (χ4v) is 4.62. The number of aliphatic hydroxyl groups excluding tert-OH is 1. The van der Waals surface area contributed by atoms with Gasteiger partial charge >= 0.3 is 11.9 Å². The van der Waals surface area contributed by atoms with Crippen molar-refractivity contribution in [1.82, 2.24) is 14.8 Å². The average molecular weight is 470 g/mol. The van der Waals surface area contributed by atoms with Crippen molar-refractivity contribution >= 4 is 34.3 Å². The molecule has 3 unspecified atom stereocenters. The zero-order chi connectivity index (χ0) is 25.0. The number of hydrogen-bond donors (Lipinski definition) is 4. The number of carboxylic acid groups (broad SMARTS) is 2. The van der Waals surface area contributed by atoms with Gasteiger partial charge in [-0.25, -0.2) is 9.59 Å². The van der Waals surface area contributed by atoms with E-state index in [0.717, 1.165) is 12.8 Å². The first kappa shape index (κ1) is 25.2. The van der Waals surface area contributed by atoms with Crippen molar-refractivity contribution in [1.29, 1.82) is 0 Å². The summed E-state index contributed by atoms with van der Waals surface area (Å²) in [5, 5.41) is 29.3. The van der Waals surface area contributed by atoms with Crippen molar-refractivity contribution in [2.24, 2.45) is 13.0 Å². The number of carbonyl (C=O) groups is 3. The van der Waals surface area contributed by atoms with E-state index in [2.05, 4.69) is 59.4 Å². The molecule has 182 valence electrons. The highest BCUT2D eigenvalue weighted by Crippen LogP contribution is 2.41. The summed E-state index contributed by atoms with van der Waals surface area (Å²) in [6.07, 6.45) is 7.24. The Morgan fingerprint density at radius 2 is 1.85 bits per heavy atom. The van der Waals surface area contributed by atoms with Crippen LogP contribution in [0.25, 0.3) is 16.5 Å². The lowest BCUT2D eigenvalue weighted by atomic mass is 9.80. The number of fused-ring (bicyclic) bond motifs is 2. The van der Waals surface area contributed by atoms with Crippen molar-refractivity contribution in [3.63, 3.8) is 0 Å². The van der Waals surface area contributed by atoms with Crippen molar-refractivity contribution in [3.8, 4) is 0 Å². The minimum atomic E-state index is -1.26. The Morgan fingerprint density at radius 3 is 2.44 bits per heavy atom. The van der Waals surface area contributed by atoms with Gasteiger partial charge in [-0.2, -0.15) is 0 Å². The van der Waals surface area contributed by atoms with Crippen LogP contribution < -0.4 is 5.32 Å². The summed E-state index contributed by atoms with van der Waals surface area (Å²) < 4.78 is 2.20. The topological polar surface area (TPSA) is 132 Å². The highest BCUT2D eigenvalue weighted by Gasteiger charge is 2.36. The molecule has 4 N–H and O–H groups in total. The lowest BCUT2D eigenvalue weighted by Crippen LogP contribution is -2.48. The quantitative estimate of drug-likeness (QED) is 0.473. The van der Waals surface area contributed by atoms with Gasteiger partial charge in [0.2, 0.25) is 5.91 Å². The standard InChI is InChI=1S/C21H27N3O2.C4H4O4/c1-4-15(12-25)22-21(26)14-8-17-16-6-5-7-18-20(16)13(10-23(18)2)9-19(17)24(3)11-14;5-3(6)1-2-4(7)8/h5-8,10,14-15,19,25H,4,9,11-12H2,1-3H3,(H,22,26);1-2H,(H,5,6)(H,7,8)/b;2-1+. The van der Waals surface area contributed by atoms with Gasteiger partial charge in [0, 0.05) is 48.9 Å². The number of aryl methyl sites for hydroxylation is 1. The second-order valence-electron chi connectivity index (χ2n) is 8.66. The number of hydrogen-bond acceptors (Lipinski definition) is 5. The van der Waals surface area contributed by atoms with E-state index in [-0.39, 0.29) is 24.5 Å². The molecule has 0 bridgehead atoms. The van der Waals surface area contributed by atoms with E-state index in [1.54, 1.807) is 0 Å². The summed E-state index contributed by atoms with van der Waals surface area (Å²) in [7, 11) is 4.20. The van der Waals surface area contributed by atoms with Crippen molar-refractivity contribution in [3.05, 3.63) is 53.8 Å². The Balaban J connectivity index is 0.000000350. The van der Waals surface area contributed by atoms with Gasteiger partial charge in [0.25, 0.3) is 0 Å². The molecule has 9 nitrogen and oxygen atoms in total. The predicted molar refractivity (Wildman–Crippen MR) is 128 cm³/mol. The van der Waals surface area contributed by atoms with Crippen LogP contribution in [0.4, 0.5) is 0 Å². The molecule has 9 heteroatoms. The number of carbonyl (C=O) groups excluding carboxylic acids is 1. The van der Waals surface area contributed by atoms with Gasteiger partial charge < -0.3 is 25.2 Å². The molecule has 1 aromatic heterocycles. The Morgan fingerprint density at radius 1 is 1.18 bits per heavy atom. The first-order valence-corrected chi connectivity index (χ1v) is 11.2. The number of benzene rings is 1. The smallest absolute Gasteiger partial charge is 0.328 e. The van der Waals surface area contributed by atoms with E-state index in [1.165, 1.54) is 27.6 Å². The van der Waals surface area contributed by atoms with E-state index in [1.807, 2.05) is 6.92 Å². The molecule has 1 aromatic carbocycles. The molecule has 1 amide bonds. The van der Waals surface area contributed by atoms with Crippen LogP contribution in [-0.2, 0) is 27.9 Å². The van der Waals surface area contributed by atoms with E-state index >= 15 is 0 Å². The highest BCUT2D eigenvalue weighted by molar-refractivity contribution is 5.99. The maximum atomic E-state index is 12.7. The van der Waals surface area contributed by atoms with E-state index in [4.69, 9.17) is 10.2 Å². The van der Waals surface area contributed by atoms with Crippen molar-refractivity contribution in [2.75, 3.05) is 20.2 Å². The summed E-state index contributed by atoms with van der Waals surface area (Å²) in [5.41, 5.74) is 5.16. The predicted octanol–water partition coefficient (Wildman–Crippen LogP) is 1.65. The third-order valence-corrected chi connectivity index (χ3v) is 6.34. The molecule has 2 aliphatic rings. The number of likely N-dealkylation sites (N-methyl/N-ethyl adjacent to an activating group) is 1. The van der Waals surface area contributed by atoms with Crippen LogP contribution in [0.1, 0.15) is 24.5 Å². The molecule has 0 saturated heterocycles. The zero-order valence-electron chi connectivity index (χ0n) is 19.6. The van der Waals surface area contributed by atoms with E-state index in [9.17, 15) is 19.5 Å². The Hall–Kier alpha value is -3.43. The highest BCUT2D eigenvalue weighted by atomic mass is 16.4. The number of aliphatic carboxylic acids is 2. The number of nitrogens with one attached hydrogen (secondary N) is 1. The van der Waals surface area contributed by atoms with E-state index < -0.39 is 11.9 Å². The molecular formula is C25H31N3O6. The molecule has 2 heterocycles. The van der Waals surface area contributed by atoms with Crippen molar-refractivity contribution in [2.45, 2.75) is 31.8 Å². The number of rotatable bonds is 6. The van der Waals surface area contributed by atoms with Crippen molar-refractivity contribution < 1.29 is 29.7 Å². The van der Waals surface area contributed by atoms with Gasteiger partial charge in [0.15, 0.2) is 0 Å². The molecule has 0 spiro atoms. The molecule has 34 heavy (non-hydrogen) atoms. The van der Waals surface area contributed by atoms with Gasteiger partial charge in [-0.3, -0.25) is 9.69 Å². The zero-order valence-corrected chi connectivity index (χ0v) is 19.6. The first-order valence-electron chi connectivity index (χ1n) is 11.2. The first-order chi connectivity index (χ1) is 16.2. The number of nitrogens with zero attached hydrogens (tertiary/aromatic N) is 2. The van der Waals surface area contributed by atoms with Gasteiger partial charge in [0.05, 0.1) is 18.6 Å². The van der Waals surface area contributed by atoms with Crippen LogP contribution in [0.3, 0.4) is 0 Å². The summed E-state index contributed by atoms with van der Waals surface area (Å²) in [4.78, 5) is 34.1. The number of carboxylic acids is 2. The third kappa shape index (κ3) is 5.37. The fraction of sp³-hybridized carbons (Fsp3) is 0.400. The fourth-order valence-electron chi connectivity index (χ4n) is 4.62. The molecule has 0 radical (unpaired) electrons. The minimum absolute atomic E-state index is 0.00901. The summed E-state index contributed by atoms with van der Waals surface area (Å²) >= 11 is 0. The van der Waals surface area contributed by atoms with Gasteiger partial charge in [-0.05, 0) is 42.7 Å². The SMILES string of the molecule is CCC(CO)NC(=O)C1C=C2c3cccc4c3c(cn4C)CC2N(C)C1.O=C(O)/C=C/C(=O)O. The van der Waals surface area contributed by atoms with Crippen LogP contribution >= 0.6 is 0 Å². The van der Waals surface area contributed by atoms with E-state index in [0.29, 0.717) is 24.7 Å². The van der Waals surface area contributed by atoms with Gasteiger partial charge in [-0.15, -0.1) is 0 Å². The molecule has 0 saturated carbocycles. The minimum Gasteiger partial charge on any atom is -0.478 e. The van der Waals surface area contributed by atoms with Gasteiger partial charge in [0.1, 0.15) is 0 Å². The summed E-state index contributed by atoms with van der Waals surface area (Å²) in [6, 6.07) is 6.60. The molecule has 0 fully saturated rings. The molecule has 4 rings (SSSR count). The summed E-state index contributed by atoms with van der Waals surface area (Å²) in [5.74, 6) is -2.69. The maximum Gasteiger partial charge on any atom is 0.328 e. The van der Waals surface area contributed by atoms with Crippen LogP contribution in [0.5, 0.6) is 0 Å². The second-order valence-corrected chi connectivity index (χ2v) is 8.66. The Bertz CT molecular complexity index is 1130.